The Morgan fingerprint density at radius 2 is 1.97 bits per heavy atom. The second-order valence-corrected chi connectivity index (χ2v) is 8.79. The van der Waals surface area contributed by atoms with Gasteiger partial charge in [-0.3, -0.25) is 9.69 Å². The predicted molar refractivity (Wildman–Crippen MR) is 121 cm³/mol. The van der Waals surface area contributed by atoms with Gasteiger partial charge in [0.2, 0.25) is 0 Å². The van der Waals surface area contributed by atoms with E-state index >= 15 is 0 Å². The minimum Gasteiger partial charge on any atom is -0.490 e. The first-order valence-corrected chi connectivity index (χ1v) is 11.3. The largest absolute Gasteiger partial charge is 0.490 e. The molecule has 0 saturated carbocycles. The van der Waals surface area contributed by atoms with E-state index in [2.05, 4.69) is 40.5 Å². The van der Waals surface area contributed by atoms with Crippen molar-refractivity contribution < 1.29 is 14.3 Å². The second kappa shape index (κ2) is 10.1. The number of carbonyl (C=O) groups is 1. The fourth-order valence-electron chi connectivity index (χ4n) is 3.79. The number of carbonyl (C=O) groups excluding carboxylic acids is 1. The second-order valence-electron chi connectivity index (χ2n) is 7.62. The van der Waals surface area contributed by atoms with E-state index in [9.17, 15) is 4.79 Å². The summed E-state index contributed by atoms with van der Waals surface area (Å²) in [6, 6.07) is 18.3. The number of thiophene rings is 1. The van der Waals surface area contributed by atoms with Gasteiger partial charge in [-0.15, -0.1) is 11.3 Å². The average Bonchev–Trinajstić information content (AvgIpc) is 3.18. The van der Waals surface area contributed by atoms with E-state index in [1.165, 1.54) is 15.0 Å². The number of amides is 1. The van der Waals surface area contributed by atoms with E-state index < -0.39 is 0 Å². The summed E-state index contributed by atoms with van der Waals surface area (Å²) < 4.78 is 12.5. The summed E-state index contributed by atoms with van der Waals surface area (Å²) >= 11 is 1.89. The number of hydrogen-bond acceptors (Lipinski definition) is 5. The number of rotatable bonds is 8. The van der Waals surface area contributed by atoms with Crippen LogP contribution in [-0.2, 0) is 11.3 Å². The van der Waals surface area contributed by atoms with E-state index in [0.29, 0.717) is 18.7 Å². The van der Waals surface area contributed by atoms with Crippen LogP contribution in [0.4, 0.5) is 0 Å². The van der Waals surface area contributed by atoms with Crippen molar-refractivity contribution in [1.29, 1.82) is 0 Å². The van der Waals surface area contributed by atoms with Gasteiger partial charge in [0.05, 0.1) is 6.61 Å². The first-order valence-electron chi connectivity index (χ1n) is 10.4. The molecule has 0 aliphatic carbocycles. The van der Waals surface area contributed by atoms with Crippen molar-refractivity contribution in [2.45, 2.75) is 25.5 Å². The lowest BCUT2D eigenvalue weighted by molar-refractivity contribution is 0.0926. The summed E-state index contributed by atoms with van der Waals surface area (Å²) in [6.07, 6.45) is 2.18. The van der Waals surface area contributed by atoms with Gasteiger partial charge in [-0.05, 0) is 48.6 Å². The summed E-state index contributed by atoms with van der Waals surface area (Å²) in [4.78, 5) is 16.1. The van der Waals surface area contributed by atoms with Crippen LogP contribution >= 0.6 is 11.3 Å². The molecule has 1 fully saturated rings. The number of hydrogen-bond donors (Lipinski definition) is 1. The van der Waals surface area contributed by atoms with E-state index in [1.807, 2.05) is 35.6 Å². The van der Waals surface area contributed by atoms with Crippen LogP contribution < -0.4 is 10.1 Å². The number of benzene rings is 2. The molecule has 1 amide bonds. The van der Waals surface area contributed by atoms with Crippen molar-refractivity contribution in [2.75, 3.05) is 33.4 Å². The monoisotopic (exact) mass is 424 g/mol. The summed E-state index contributed by atoms with van der Waals surface area (Å²) in [7, 11) is 1.62. The highest BCUT2D eigenvalue weighted by molar-refractivity contribution is 7.19. The Labute approximate surface area is 181 Å². The number of ether oxygens (including phenoxy) is 2. The maximum absolute atomic E-state index is 12.2. The minimum atomic E-state index is -0.101. The van der Waals surface area contributed by atoms with Crippen LogP contribution in [-0.4, -0.2) is 50.3 Å². The molecular formula is C24H28N2O3S. The third kappa shape index (κ3) is 5.39. The molecule has 2 aromatic carbocycles. The van der Waals surface area contributed by atoms with Gasteiger partial charge in [0.15, 0.2) is 0 Å². The SMILES string of the molecule is COCCNC(=O)c1cccc(OC2CCN(Cc3cc4ccccc4s3)CC2)c1. The first kappa shape index (κ1) is 20.8. The quantitative estimate of drug-likeness (QED) is 0.547. The van der Waals surface area contributed by atoms with E-state index in [1.54, 1.807) is 7.11 Å². The van der Waals surface area contributed by atoms with Crippen LogP contribution in [0, 0.1) is 0 Å². The van der Waals surface area contributed by atoms with Gasteiger partial charge in [-0.2, -0.15) is 0 Å². The standard InChI is InChI=1S/C24H28N2O3S/c1-28-14-11-25-24(27)19-6-4-7-21(15-19)29-20-9-12-26(13-10-20)17-22-16-18-5-2-3-8-23(18)30-22/h2-8,15-16,20H,9-14,17H2,1H3,(H,25,27). The van der Waals surface area contributed by atoms with Gasteiger partial charge in [0.1, 0.15) is 11.9 Å². The molecule has 0 spiro atoms. The zero-order chi connectivity index (χ0) is 20.8. The highest BCUT2D eigenvalue weighted by Gasteiger charge is 2.21. The number of likely N-dealkylation sites (tertiary alicyclic amines) is 1. The van der Waals surface area contributed by atoms with E-state index in [4.69, 9.17) is 9.47 Å². The first-order chi connectivity index (χ1) is 14.7. The Morgan fingerprint density at radius 3 is 2.77 bits per heavy atom. The summed E-state index contributed by atoms with van der Waals surface area (Å²) in [5.41, 5.74) is 0.616. The molecule has 0 radical (unpaired) electrons. The summed E-state index contributed by atoms with van der Waals surface area (Å²) in [5, 5.41) is 4.18. The number of piperidine rings is 1. The molecule has 1 aliphatic rings. The number of nitrogens with one attached hydrogen (secondary N) is 1. The van der Waals surface area contributed by atoms with Crippen molar-refractivity contribution in [2.24, 2.45) is 0 Å². The van der Waals surface area contributed by atoms with Crippen molar-refractivity contribution in [1.82, 2.24) is 10.2 Å². The minimum absolute atomic E-state index is 0.101. The molecule has 2 heterocycles. The number of fused-ring (bicyclic) bond motifs is 1. The van der Waals surface area contributed by atoms with Crippen LogP contribution in [0.1, 0.15) is 28.1 Å². The highest BCUT2D eigenvalue weighted by Crippen LogP contribution is 2.27. The van der Waals surface area contributed by atoms with Crippen LogP contribution in [0.25, 0.3) is 10.1 Å². The Morgan fingerprint density at radius 1 is 1.13 bits per heavy atom. The van der Waals surface area contributed by atoms with Crippen LogP contribution in [0.3, 0.4) is 0 Å². The van der Waals surface area contributed by atoms with Crippen molar-refractivity contribution in [3.8, 4) is 5.75 Å². The van der Waals surface area contributed by atoms with Crippen LogP contribution in [0.15, 0.2) is 54.6 Å². The molecule has 5 nitrogen and oxygen atoms in total. The fourth-order valence-corrected chi connectivity index (χ4v) is 4.90. The van der Waals surface area contributed by atoms with Gasteiger partial charge in [-0.25, -0.2) is 0 Å². The van der Waals surface area contributed by atoms with Crippen LogP contribution in [0.5, 0.6) is 5.75 Å². The Balaban J connectivity index is 1.27. The maximum Gasteiger partial charge on any atom is 0.251 e. The summed E-state index contributed by atoms with van der Waals surface area (Å²) in [5.74, 6) is 0.660. The molecule has 1 aromatic heterocycles. The Bertz CT molecular complexity index is 946. The van der Waals surface area contributed by atoms with Gasteiger partial charge in [0, 0.05) is 48.4 Å². The lowest BCUT2D eigenvalue weighted by Gasteiger charge is -2.31. The van der Waals surface area contributed by atoms with Gasteiger partial charge < -0.3 is 14.8 Å². The highest BCUT2D eigenvalue weighted by atomic mass is 32.1. The lowest BCUT2D eigenvalue weighted by Crippen LogP contribution is -2.37. The third-order valence-corrected chi connectivity index (χ3v) is 6.48. The maximum atomic E-state index is 12.2. The van der Waals surface area contributed by atoms with Crippen molar-refractivity contribution in [3.63, 3.8) is 0 Å². The van der Waals surface area contributed by atoms with Gasteiger partial charge >= 0.3 is 0 Å². The molecule has 3 aromatic rings. The summed E-state index contributed by atoms with van der Waals surface area (Å²) in [6.45, 7) is 4.05. The van der Waals surface area contributed by atoms with E-state index in [0.717, 1.165) is 38.2 Å². The molecule has 6 heteroatoms. The zero-order valence-electron chi connectivity index (χ0n) is 17.3. The Kier molecular flexibility index (Phi) is 7.00. The smallest absolute Gasteiger partial charge is 0.251 e. The molecule has 0 atom stereocenters. The van der Waals surface area contributed by atoms with Gasteiger partial charge in [-0.1, -0.05) is 24.3 Å². The molecule has 1 saturated heterocycles. The van der Waals surface area contributed by atoms with Crippen molar-refractivity contribution >= 4 is 27.3 Å². The van der Waals surface area contributed by atoms with Crippen LogP contribution in [0.2, 0.25) is 0 Å². The molecule has 30 heavy (non-hydrogen) atoms. The molecule has 158 valence electrons. The average molecular weight is 425 g/mol. The zero-order valence-corrected chi connectivity index (χ0v) is 18.1. The third-order valence-electron chi connectivity index (χ3n) is 5.38. The topological polar surface area (TPSA) is 50.8 Å². The molecule has 1 N–H and O–H groups in total. The van der Waals surface area contributed by atoms with Gasteiger partial charge in [0.25, 0.3) is 5.91 Å². The molecule has 4 rings (SSSR count). The normalized spacial score (nSPS) is 15.4. The molecular weight excluding hydrogens is 396 g/mol. The Hall–Kier alpha value is -2.41. The number of methoxy groups -OCH3 is 1. The lowest BCUT2D eigenvalue weighted by atomic mass is 10.1. The van der Waals surface area contributed by atoms with E-state index in [-0.39, 0.29) is 12.0 Å². The number of nitrogens with zero attached hydrogens (tertiary/aromatic N) is 1. The molecule has 1 aliphatic heterocycles. The fraction of sp³-hybridized carbons (Fsp3) is 0.375. The molecule has 0 unspecified atom stereocenters. The predicted octanol–water partition coefficient (Wildman–Crippen LogP) is 4.32. The van der Waals surface area contributed by atoms with Crippen molar-refractivity contribution in [3.05, 3.63) is 65.0 Å². The molecule has 0 bridgehead atoms.